The molecule has 1 aliphatic rings. The highest BCUT2D eigenvalue weighted by atomic mass is 32.2. The molecule has 146 valence electrons. The molecule has 1 aromatic carbocycles. The molecule has 3 rings (SSSR count). The summed E-state index contributed by atoms with van der Waals surface area (Å²) in [5.74, 6) is 0.279. The van der Waals surface area contributed by atoms with Gasteiger partial charge in [0.25, 0.3) is 5.69 Å². The molecule has 0 aliphatic carbocycles. The van der Waals surface area contributed by atoms with E-state index in [0.717, 1.165) is 17.5 Å². The summed E-state index contributed by atoms with van der Waals surface area (Å²) in [6.45, 7) is 6.03. The van der Waals surface area contributed by atoms with Crippen LogP contribution >= 0.6 is 11.3 Å². The van der Waals surface area contributed by atoms with Crippen molar-refractivity contribution < 1.29 is 18.7 Å². The first-order valence-corrected chi connectivity index (χ1v) is 10.7. The molecule has 2 atom stereocenters. The molecule has 8 nitrogen and oxygen atoms in total. The molecule has 27 heavy (non-hydrogen) atoms. The first kappa shape index (κ1) is 19.7. The number of nitro benzene ring substituents is 1. The summed E-state index contributed by atoms with van der Waals surface area (Å²) in [7, 11) is -1.40. The number of thiazole rings is 1. The van der Waals surface area contributed by atoms with Crippen LogP contribution in [0.2, 0.25) is 0 Å². The molecule has 0 spiro atoms. The number of fused-ring (bicyclic) bond motifs is 1. The quantitative estimate of drug-likeness (QED) is 0.561. The molecule has 0 radical (unpaired) electrons. The van der Waals surface area contributed by atoms with Crippen molar-refractivity contribution in [3.63, 3.8) is 0 Å². The van der Waals surface area contributed by atoms with E-state index in [2.05, 4.69) is 4.98 Å². The van der Waals surface area contributed by atoms with Gasteiger partial charge in [0.1, 0.15) is 5.60 Å². The first-order valence-electron chi connectivity index (χ1n) is 8.57. The summed E-state index contributed by atoms with van der Waals surface area (Å²) >= 11 is 1.26. The molecule has 2 aromatic rings. The second-order valence-corrected chi connectivity index (χ2v) is 10.1. The van der Waals surface area contributed by atoms with Gasteiger partial charge in [-0.05, 0) is 39.7 Å². The van der Waals surface area contributed by atoms with Crippen LogP contribution in [0.1, 0.15) is 33.6 Å². The summed E-state index contributed by atoms with van der Waals surface area (Å²) in [5, 5.41) is 10.9. The number of hydrogen-bond acceptors (Lipinski definition) is 7. The second kappa shape index (κ2) is 7.51. The SMILES string of the molecule is CC(C)(C)OC(=O)N1CCCC1CS(=O)c1nc2cc([N+](=O)[O-])ccc2s1. The minimum absolute atomic E-state index is 0.0444. The van der Waals surface area contributed by atoms with E-state index in [0.29, 0.717) is 16.4 Å². The molecule has 2 heterocycles. The lowest BCUT2D eigenvalue weighted by molar-refractivity contribution is -0.384. The van der Waals surface area contributed by atoms with E-state index >= 15 is 0 Å². The zero-order chi connectivity index (χ0) is 19.8. The van der Waals surface area contributed by atoms with Crippen molar-refractivity contribution in [1.29, 1.82) is 0 Å². The lowest BCUT2D eigenvalue weighted by Crippen LogP contribution is -2.42. The smallest absolute Gasteiger partial charge is 0.410 e. The van der Waals surface area contributed by atoms with Crippen LogP contribution < -0.4 is 0 Å². The molecule has 1 aromatic heterocycles. The average Bonchev–Trinajstić information content (AvgIpc) is 3.18. The van der Waals surface area contributed by atoms with E-state index in [-0.39, 0.29) is 23.6 Å². The third kappa shape index (κ3) is 4.62. The number of likely N-dealkylation sites (tertiary alicyclic amines) is 1. The highest BCUT2D eigenvalue weighted by Crippen LogP contribution is 2.29. The Morgan fingerprint density at radius 1 is 1.48 bits per heavy atom. The number of hydrogen-bond donors (Lipinski definition) is 0. The Balaban J connectivity index is 1.73. The van der Waals surface area contributed by atoms with Crippen LogP contribution in [0.3, 0.4) is 0 Å². The molecule has 2 unspecified atom stereocenters. The Labute approximate surface area is 163 Å². The van der Waals surface area contributed by atoms with Crippen LogP contribution in [0.5, 0.6) is 0 Å². The van der Waals surface area contributed by atoms with Gasteiger partial charge in [0.2, 0.25) is 0 Å². The Kier molecular flexibility index (Phi) is 5.48. The number of amides is 1. The highest BCUT2D eigenvalue weighted by Gasteiger charge is 2.33. The lowest BCUT2D eigenvalue weighted by atomic mass is 10.2. The fourth-order valence-electron chi connectivity index (χ4n) is 2.92. The number of ether oxygens (including phenoxy) is 1. The largest absolute Gasteiger partial charge is 0.444 e. The molecule has 0 saturated carbocycles. The van der Waals surface area contributed by atoms with Gasteiger partial charge in [-0.2, -0.15) is 0 Å². The zero-order valence-electron chi connectivity index (χ0n) is 15.3. The molecule has 1 saturated heterocycles. The van der Waals surface area contributed by atoms with Crippen LogP contribution in [0.25, 0.3) is 10.2 Å². The van der Waals surface area contributed by atoms with Crippen molar-refractivity contribution in [2.75, 3.05) is 12.3 Å². The van der Waals surface area contributed by atoms with Crippen LogP contribution in [0, 0.1) is 10.1 Å². The average molecular weight is 412 g/mol. The molecular weight excluding hydrogens is 390 g/mol. The number of aromatic nitrogens is 1. The van der Waals surface area contributed by atoms with E-state index in [1.165, 1.54) is 23.5 Å². The maximum Gasteiger partial charge on any atom is 0.410 e. The molecule has 1 aliphatic heterocycles. The van der Waals surface area contributed by atoms with E-state index in [1.54, 1.807) is 11.0 Å². The maximum atomic E-state index is 12.8. The Bertz CT molecular complexity index is 906. The van der Waals surface area contributed by atoms with Crippen molar-refractivity contribution in [1.82, 2.24) is 9.88 Å². The molecule has 10 heteroatoms. The van der Waals surface area contributed by atoms with Crippen LogP contribution in [-0.4, -0.2) is 49.0 Å². The number of non-ortho nitro benzene ring substituents is 1. The zero-order valence-corrected chi connectivity index (χ0v) is 17.0. The molecule has 1 fully saturated rings. The van der Waals surface area contributed by atoms with Crippen molar-refractivity contribution in [3.8, 4) is 0 Å². The fourth-order valence-corrected chi connectivity index (χ4v) is 5.48. The fraction of sp³-hybridized carbons (Fsp3) is 0.529. The van der Waals surface area contributed by atoms with E-state index < -0.39 is 21.3 Å². The van der Waals surface area contributed by atoms with E-state index in [4.69, 9.17) is 4.74 Å². The van der Waals surface area contributed by atoms with Gasteiger partial charge in [0.05, 0.1) is 31.7 Å². The lowest BCUT2D eigenvalue weighted by Gasteiger charge is -2.28. The minimum atomic E-state index is -1.40. The van der Waals surface area contributed by atoms with Gasteiger partial charge in [-0.3, -0.25) is 14.3 Å². The van der Waals surface area contributed by atoms with Gasteiger partial charge in [-0.25, -0.2) is 9.78 Å². The van der Waals surface area contributed by atoms with Crippen molar-refractivity contribution in [3.05, 3.63) is 28.3 Å². The molecular formula is C17H21N3O5S2. The van der Waals surface area contributed by atoms with Gasteiger partial charge in [0, 0.05) is 24.7 Å². The number of nitrogens with zero attached hydrogens (tertiary/aromatic N) is 3. The Morgan fingerprint density at radius 3 is 2.89 bits per heavy atom. The second-order valence-electron chi connectivity index (χ2n) is 7.37. The van der Waals surface area contributed by atoms with Crippen molar-refractivity contribution in [2.45, 2.75) is 49.6 Å². The minimum Gasteiger partial charge on any atom is -0.444 e. The summed E-state index contributed by atoms with van der Waals surface area (Å²) < 4.78 is 19.4. The third-order valence-corrected chi connectivity index (χ3v) is 6.91. The summed E-state index contributed by atoms with van der Waals surface area (Å²) in [5.41, 5.74) is -0.157. The number of carbonyl (C=O) groups excluding carboxylic acids is 1. The number of carbonyl (C=O) groups is 1. The van der Waals surface area contributed by atoms with Gasteiger partial charge in [-0.15, -0.1) is 11.3 Å². The molecule has 0 N–H and O–H groups in total. The van der Waals surface area contributed by atoms with E-state index in [9.17, 15) is 19.1 Å². The van der Waals surface area contributed by atoms with Crippen molar-refractivity contribution >= 4 is 44.1 Å². The van der Waals surface area contributed by atoms with Gasteiger partial charge >= 0.3 is 6.09 Å². The normalized spacial score (nSPS) is 18.6. The predicted octanol–water partition coefficient (Wildman–Crippen LogP) is 3.71. The summed E-state index contributed by atoms with van der Waals surface area (Å²) in [4.78, 5) is 28.7. The maximum absolute atomic E-state index is 12.8. The van der Waals surface area contributed by atoms with E-state index in [1.807, 2.05) is 20.8 Å². The van der Waals surface area contributed by atoms with Crippen molar-refractivity contribution in [2.24, 2.45) is 0 Å². The van der Waals surface area contributed by atoms with Gasteiger partial charge in [0.15, 0.2) is 4.34 Å². The Hall–Kier alpha value is -2.07. The van der Waals surface area contributed by atoms with Crippen LogP contribution in [0.4, 0.5) is 10.5 Å². The monoisotopic (exact) mass is 411 g/mol. The summed E-state index contributed by atoms with van der Waals surface area (Å²) in [6.07, 6.45) is 1.22. The topological polar surface area (TPSA) is 103 Å². The van der Waals surface area contributed by atoms with Crippen LogP contribution in [0.15, 0.2) is 22.5 Å². The number of rotatable bonds is 4. The summed E-state index contributed by atoms with van der Waals surface area (Å²) in [6, 6.07) is 4.25. The predicted molar refractivity (Wildman–Crippen MR) is 104 cm³/mol. The highest BCUT2D eigenvalue weighted by molar-refractivity contribution is 7.87. The van der Waals surface area contributed by atoms with Gasteiger partial charge < -0.3 is 9.64 Å². The number of benzene rings is 1. The Morgan fingerprint density at radius 2 is 2.22 bits per heavy atom. The number of nitro groups is 1. The standard InChI is InChI=1S/C17H21N3O5S2/c1-17(2,3)25-16(21)19-8-4-5-12(19)10-27(24)15-18-13-9-11(20(22)23)6-7-14(13)26-15/h6-7,9,12H,4-5,8,10H2,1-3H3. The third-order valence-electron chi connectivity index (χ3n) is 4.11. The van der Waals surface area contributed by atoms with Gasteiger partial charge in [-0.1, -0.05) is 0 Å². The molecule has 1 amide bonds. The van der Waals surface area contributed by atoms with Crippen LogP contribution in [-0.2, 0) is 15.5 Å². The molecule has 0 bridgehead atoms. The first-order chi connectivity index (χ1) is 12.6.